The molecule has 2 saturated heterocycles. The first-order valence-electron chi connectivity index (χ1n) is 11.0. The molecule has 2 amide bonds. The number of urea groups is 1. The molecule has 0 bridgehead atoms. The van der Waals surface area contributed by atoms with Gasteiger partial charge in [-0.3, -0.25) is 9.58 Å². The van der Waals surface area contributed by atoms with Gasteiger partial charge in [-0.1, -0.05) is 34.8 Å². The first kappa shape index (κ1) is 23.6. The van der Waals surface area contributed by atoms with Gasteiger partial charge in [0, 0.05) is 58.2 Å². The summed E-state index contributed by atoms with van der Waals surface area (Å²) >= 11 is 19.3. The molecule has 0 radical (unpaired) electrons. The van der Waals surface area contributed by atoms with Crippen molar-refractivity contribution < 1.29 is 4.79 Å². The van der Waals surface area contributed by atoms with E-state index in [1.165, 1.54) is 0 Å². The number of likely N-dealkylation sites (tertiary alicyclic amines) is 1. The number of anilines is 1. The normalized spacial score (nSPS) is 19.9. The second-order valence-electron chi connectivity index (χ2n) is 8.60. The van der Waals surface area contributed by atoms with Gasteiger partial charge < -0.3 is 15.5 Å². The largest absolute Gasteiger partial charge is 0.322 e. The van der Waals surface area contributed by atoms with E-state index in [0.717, 1.165) is 68.9 Å². The van der Waals surface area contributed by atoms with Gasteiger partial charge in [0.05, 0.1) is 20.8 Å². The summed E-state index contributed by atoms with van der Waals surface area (Å²) in [7, 11) is 1.88. The number of piperazine rings is 1. The van der Waals surface area contributed by atoms with E-state index in [1.54, 1.807) is 10.7 Å². The summed E-state index contributed by atoms with van der Waals surface area (Å²) in [6.45, 7) is 5.65. The van der Waals surface area contributed by atoms with Crippen LogP contribution in [0.1, 0.15) is 24.1 Å². The summed E-state index contributed by atoms with van der Waals surface area (Å²) in [5.41, 5.74) is 2.55. The van der Waals surface area contributed by atoms with Crippen molar-refractivity contribution in [3.63, 3.8) is 0 Å². The van der Waals surface area contributed by atoms with Gasteiger partial charge in [0.25, 0.3) is 0 Å². The molecule has 1 atom stereocenters. The minimum absolute atomic E-state index is 0.0961. The zero-order valence-corrected chi connectivity index (χ0v) is 20.5. The number of amides is 2. The molecule has 0 spiro atoms. The van der Waals surface area contributed by atoms with Crippen LogP contribution in [-0.2, 0) is 20.0 Å². The van der Waals surface area contributed by atoms with Crippen molar-refractivity contribution in [1.29, 1.82) is 0 Å². The summed E-state index contributed by atoms with van der Waals surface area (Å²) < 4.78 is 1.75. The van der Waals surface area contributed by atoms with E-state index in [1.807, 2.05) is 24.2 Å². The van der Waals surface area contributed by atoms with Gasteiger partial charge in [0.15, 0.2) is 0 Å². The lowest BCUT2D eigenvalue weighted by Gasteiger charge is -2.33. The second kappa shape index (κ2) is 10.6. The molecule has 0 aliphatic carbocycles. The van der Waals surface area contributed by atoms with E-state index in [2.05, 4.69) is 20.6 Å². The van der Waals surface area contributed by atoms with E-state index in [-0.39, 0.29) is 6.03 Å². The predicted octanol–water partition coefficient (Wildman–Crippen LogP) is 4.27. The second-order valence-corrected chi connectivity index (χ2v) is 9.79. The Morgan fingerprint density at radius 1 is 1.19 bits per heavy atom. The van der Waals surface area contributed by atoms with Gasteiger partial charge in [0.2, 0.25) is 0 Å². The Bertz CT molecular complexity index is 959. The maximum absolute atomic E-state index is 12.8. The number of hydrogen-bond donors (Lipinski definition) is 2. The van der Waals surface area contributed by atoms with Gasteiger partial charge in [-0.25, -0.2) is 4.79 Å². The summed E-state index contributed by atoms with van der Waals surface area (Å²) in [6.07, 6.45) is 4.77. The molecule has 0 unspecified atom stereocenters. The first-order valence-corrected chi connectivity index (χ1v) is 12.2. The standard InChI is InChI=1S/C22H29Cl3N6O/c1-29-13-18(24)20(28-29)14-30-8-2-3-15(12-30)11-16-19(5-4-17(23)21(16)25)27-22(32)31-9-6-26-7-10-31/h4-5,13,15,26H,2-3,6-12,14H2,1H3,(H,27,32)/t15-/m0/s1. The summed E-state index contributed by atoms with van der Waals surface area (Å²) in [4.78, 5) is 17.0. The minimum Gasteiger partial charge on any atom is -0.322 e. The van der Waals surface area contributed by atoms with Gasteiger partial charge in [0.1, 0.15) is 0 Å². The molecule has 2 fully saturated rings. The summed E-state index contributed by atoms with van der Waals surface area (Å²) in [5.74, 6) is 0.400. The highest BCUT2D eigenvalue weighted by Gasteiger charge is 2.25. The van der Waals surface area contributed by atoms with E-state index in [9.17, 15) is 4.79 Å². The highest BCUT2D eigenvalue weighted by molar-refractivity contribution is 6.42. The van der Waals surface area contributed by atoms with Crippen LogP contribution in [0.4, 0.5) is 10.5 Å². The number of rotatable bonds is 5. The molecule has 2 aliphatic rings. The van der Waals surface area contributed by atoms with Crippen molar-refractivity contribution in [3.05, 3.63) is 44.7 Å². The molecule has 1 aromatic heterocycles. The Morgan fingerprint density at radius 3 is 2.69 bits per heavy atom. The van der Waals surface area contributed by atoms with E-state index in [0.29, 0.717) is 34.1 Å². The Balaban J connectivity index is 1.45. The van der Waals surface area contributed by atoms with E-state index in [4.69, 9.17) is 34.8 Å². The van der Waals surface area contributed by atoms with Crippen molar-refractivity contribution in [2.45, 2.75) is 25.8 Å². The number of nitrogens with zero attached hydrogens (tertiary/aromatic N) is 4. The first-order chi connectivity index (χ1) is 15.4. The molecule has 2 N–H and O–H groups in total. The Hall–Kier alpha value is -1.51. The van der Waals surface area contributed by atoms with Crippen LogP contribution in [0.25, 0.3) is 0 Å². The third-order valence-corrected chi connectivity index (χ3v) is 7.32. The highest BCUT2D eigenvalue weighted by Crippen LogP contribution is 2.35. The Labute approximate surface area is 204 Å². The van der Waals surface area contributed by atoms with Gasteiger partial charge in [-0.05, 0) is 49.4 Å². The monoisotopic (exact) mass is 498 g/mol. The Kier molecular flexibility index (Phi) is 7.84. The average molecular weight is 500 g/mol. The molecular weight excluding hydrogens is 471 g/mol. The molecule has 1 aromatic carbocycles. The zero-order valence-electron chi connectivity index (χ0n) is 18.2. The molecule has 2 aliphatic heterocycles. The topological polar surface area (TPSA) is 65.4 Å². The van der Waals surface area contributed by atoms with Crippen LogP contribution in [0.2, 0.25) is 15.1 Å². The third kappa shape index (κ3) is 5.69. The van der Waals surface area contributed by atoms with Gasteiger partial charge in [-0.2, -0.15) is 5.10 Å². The van der Waals surface area contributed by atoms with Crippen molar-refractivity contribution in [2.75, 3.05) is 44.6 Å². The maximum atomic E-state index is 12.8. The fraction of sp³-hybridized carbons (Fsp3) is 0.545. The quantitative estimate of drug-likeness (QED) is 0.645. The van der Waals surface area contributed by atoms with Crippen LogP contribution in [0, 0.1) is 5.92 Å². The number of carbonyl (C=O) groups is 1. The number of aromatic nitrogens is 2. The van der Waals surface area contributed by atoms with Crippen LogP contribution >= 0.6 is 34.8 Å². The number of benzene rings is 1. The van der Waals surface area contributed by atoms with E-state index >= 15 is 0 Å². The molecule has 32 heavy (non-hydrogen) atoms. The van der Waals surface area contributed by atoms with Gasteiger partial charge >= 0.3 is 6.03 Å². The fourth-order valence-corrected chi connectivity index (χ4v) is 5.20. The predicted molar refractivity (Wildman–Crippen MR) is 130 cm³/mol. The smallest absolute Gasteiger partial charge is 0.321 e. The fourth-order valence-electron chi connectivity index (χ4n) is 4.55. The summed E-state index contributed by atoms with van der Waals surface area (Å²) in [6, 6.07) is 3.51. The number of hydrogen-bond acceptors (Lipinski definition) is 4. The number of carbonyl (C=O) groups excluding carboxylic acids is 1. The lowest BCUT2D eigenvalue weighted by Crippen LogP contribution is -2.48. The average Bonchev–Trinajstić information content (AvgIpc) is 3.10. The van der Waals surface area contributed by atoms with Crippen LogP contribution in [0.15, 0.2) is 18.3 Å². The Morgan fingerprint density at radius 2 is 1.97 bits per heavy atom. The zero-order chi connectivity index (χ0) is 22.7. The number of piperidine rings is 1. The van der Waals surface area contributed by atoms with Crippen molar-refractivity contribution in [2.24, 2.45) is 13.0 Å². The molecule has 2 aromatic rings. The maximum Gasteiger partial charge on any atom is 0.321 e. The number of nitrogens with one attached hydrogen (secondary N) is 2. The molecule has 10 heteroatoms. The van der Waals surface area contributed by atoms with Crippen LogP contribution in [-0.4, -0.2) is 64.9 Å². The van der Waals surface area contributed by atoms with Crippen LogP contribution in [0.3, 0.4) is 0 Å². The third-order valence-electron chi connectivity index (χ3n) is 6.17. The van der Waals surface area contributed by atoms with Crippen LogP contribution < -0.4 is 10.6 Å². The SMILES string of the molecule is Cn1cc(Cl)c(CN2CCC[C@@H](Cc3c(NC(=O)N4CCNCC4)ccc(Cl)c3Cl)C2)n1. The minimum atomic E-state index is -0.0961. The summed E-state index contributed by atoms with van der Waals surface area (Å²) in [5, 5.41) is 12.5. The lowest BCUT2D eigenvalue weighted by molar-refractivity contribution is 0.165. The highest BCUT2D eigenvalue weighted by atomic mass is 35.5. The van der Waals surface area contributed by atoms with E-state index < -0.39 is 0 Å². The molecule has 174 valence electrons. The molecule has 3 heterocycles. The van der Waals surface area contributed by atoms with Crippen molar-refractivity contribution in [1.82, 2.24) is 24.9 Å². The molecule has 7 nitrogen and oxygen atoms in total. The lowest BCUT2D eigenvalue weighted by atomic mass is 9.90. The number of halogens is 3. The number of aryl methyl sites for hydroxylation is 1. The van der Waals surface area contributed by atoms with Crippen LogP contribution in [0.5, 0.6) is 0 Å². The molecular formula is C22H29Cl3N6O. The van der Waals surface area contributed by atoms with Crippen molar-refractivity contribution in [3.8, 4) is 0 Å². The molecule has 4 rings (SSSR count). The molecule has 0 saturated carbocycles. The van der Waals surface area contributed by atoms with Crippen molar-refractivity contribution >= 4 is 46.5 Å². The van der Waals surface area contributed by atoms with Gasteiger partial charge in [-0.15, -0.1) is 0 Å².